The highest BCUT2D eigenvalue weighted by atomic mass is 16.5. The van der Waals surface area contributed by atoms with Crippen molar-refractivity contribution in [2.45, 2.75) is 65.6 Å². The number of anilines is 1. The number of carbonyl (C=O) groups is 1. The summed E-state index contributed by atoms with van der Waals surface area (Å²) in [4.78, 5) is 17.8. The lowest BCUT2D eigenvalue weighted by atomic mass is 9.98. The highest BCUT2D eigenvalue weighted by Gasteiger charge is 2.28. The summed E-state index contributed by atoms with van der Waals surface area (Å²) in [5.41, 5.74) is 6.27. The van der Waals surface area contributed by atoms with Gasteiger partial charge in [-0.2, -0.15) is 5.26 Å². The third kappa shape index (κ3) is 7.30. The Morgan fingerprint density at radius 1 is 1.20 bits per heavy atom. The molecule has 1 aromatic heterocycles. The number of amides is 1. The fraction of sp³-hybridized carbons (Fsp3) is 0.394. The van der Waals surface area contributed by atoms with Crippen LogP contribution in [0.3, 0.4) is 0 Å². The van der Waals surface area contributed by atoms with Crippen LogP contribution in [0.4, 0.5) is 5.69 Å². The van der Waals surface area contributed by atoms with Gasteiger partial charge in [-0.1, -0.05) is 24.3 Å². The van der Waals surface area contributed by atoms with Crippen LogP contribution in [-0.2, 0) is 6.54 Å². The fourth-order valence-corrected chi connectivity index (χ4v) is 5.69. The van der Waals surface area contributed by atoms with E-state index >= 15 is 0 Å². The van der Waals surface area contributed by atoms with Gasteiger partial charge in [0, 0.05) is 67.4 Å². The lowest BCUT2D eigenvalue weighted by Crippen LogP contribution is -2.48. The Kier molecular flexibility index (Phi) is 9.74. The lowest BCUT2D eigenvalue weighted by molar-refractivity contribution is -0.908. The predicted molar refractivity (Wildman–Crippen MR) is 161 cm³/mol. The Labute approximate surface area is 243 Å². The number of likely N-dealkylation sites (tertiary alicyclic amines) is 1. The molecule has 3 N–H and O–H groups in total. The van der Waals surface area contributed by atoms with E-state index < -0.39 is 0 Å². The van der Waals surface area contributed by atoms with Gasteiger partial charge in [0.2, 0.25) is 11.9 Å². The van der Waals surface area contributed by atoms with Gasteiger partial charge in [-0.15, -0.1) is 0 Å². The van der Waals surface area contributed by atoms with Crippen molar-refractivity contribution >= 4 is 17.3 Å². The summed E-state index contributed by atoms with van der Waals surface area (Å²) in [5.74, 6) is -0.158. The number of piperidine rings is 1. The lowest BCUT2D eigenvalue weighted by Gasteiger charge is -2.42. The molecule has 1 aliphatic heterocycles. The van der Waals surface area contributed by atoms with E-state index in [4.69, 9.17) is 5.41 Å². The summed E-state index contributed by atoms with van der Waals surface area (Å²) in [6, 6.07) is 20.7. The average Bonchev–Trinajstić information content (AvgIpc) is 2.98. The van der Waals surface area contributed by atoms with Gasteiger partial charge in [-0.05, 0) is 81.0 Å². The first kappa shape index (κ1) is 29.8. The van der Waals surface area contributed by atoms with E-state index in [1.165, 1.54) is 0 Å². The summed E-state index contributed by atoms with van der Waals surface area (Å²) in [7, 11) is 0. The fourth-order valence-electron chi connectivity index (χ4n) is 5.69. The number of hydrogen-bond acceptors (Lipinski definition) is 6. The molecule has 0 bridgehead atoms. The molecule has 8 heteroatoms. The molecule has 41 heavy (non-hydrogen) atoms. The predicted octanol–water partition coefficient (Wildman–Crippen LogP) is 4.77. The molecule has 0 aliphatic carbocycles. The summed E-state index contributed by atoms with van der Waals surface area (Å²) in [6.45, 7) is 10.9. The molecule has 1 amide bonds. The van der Waals surface area contributed by atoms with Crippen molar-refractivity contribution in [2.24, 2.45) is 0 Å². The molecule has 0 radical (unpaired) electrons. The van der Waals surface area contributed by atoms with Gasteiger partial charge in [-0.25, -0.2) is 0 Å². The number of nitriles is 1. The van der Waals surface area contributed by atoms with Crippen LogP contribution in [-0.4, -0.2) is 53.4 Å². The Hall–Kier alpha value is -4.22. The molecule has 1 aliphatic rings. The maximum Gasteiger partial charge on any atom is 0.258 e. The summed E-state index contributed by atoms with van der Waals surface area (Å²) in [5, 5.41) is 30.3. The molecule has 2 aromatic carbocycles. The Morgan fingerprint density at radius 3 is 2.56 bits per heavy atom. The van der Waals surface area contributed by atoms with Crippen molar-refractivity contribution in [3.8, 4) is 6.07 Å². The largest absolute Gasteiger partial charge is 0.364 e. The zero-order valence-corrected chi connectivity index (χ0v) is 24.5. The number of aromatic nitrogens is 1. The molecule has 8 nitrogen and oxygen atoms in total. The van der Waals surface area contributed by atoms with Crippen molar-refractivity contribution < 1.29 is 14.7 Å². The highest BCUT2D eigenvalue weighted by molar-refractivity contribution is 5.96. The zero-order chi connectivity index (χ0) is 29.5. The normalized spacial score (nSPS) is 14.7. The molecule has 1 atom stereocenters. The van der Waals surface area contributed by atoms with Crippen LogP contribution in [0.2, 0.25) is 0 Å². The first-order chi connectivity index (χ1) is 19.7. The number of hydrogen-bond donors (Lipinski definition) is 3. The van der Waals surface area contributed by atoms with E-state index in [-0.39, 0.29) is 5.91 Å². The number of nitrogens with zero attached hydrogens (tertiary/aromatic N) is 4. The van der Waals surface area contributed by atoms with Gasteiger partial charge < -0.3 is 20.5 Å². The van der Waals surface area contributed by atoms with Crippen molar-refractivity contribution in [1.29, 1.82) is 10.7 Å². The quantitative estimate of drug-likeness (QED) is 0.191. The average molecular weight is 554 g/mol. The molecule has 0 spiro atoms. The maximum absolute atomic E-state index is 12.8. The Bertz CT molecular complexity index is 1420. The van der Waals surface area contributed by atoms with E-state index in [1.54, 1.807) is 26.1 Å². The topological polar surface area (TPSA) is 107 Å². The summed E-state index contributed by atoms with van der Waals surface area (Å²) in [6.07, 6.45) is 4.41. The minimum absolute atomic E-state index is 0.158. The first-order valence-corrected chi connectivity index (χ1v) is 14.3. The Balaban J connectivity index is 1.37. The zero-order valence-electron chi connectivity index (χ0n) is 24.5. The van der Waals surface area contributed by atoms with E-state index in [1.807, 2.05) is 37.3 Å². The maximum atomic E-state index is 12.8. The minimum Gasteiger partial charge on any atom is -0.364 e. The SMILES string of the molecule is CC(=N)c1ccc(N(Cc2cccc(C#N)c2)C2CCN(C(C)CCNC(=O)c3c(C)cc[n+](O)c3C)CC2)cc1. The molecule has 1 unspecified atom stereocenters. The van der Waals surface area contributed by atoms with E-state index in [9.17, 15) is 15.3 Å². The van der Waals surface area contributed by atoms with Crippen molar-refractivity contribution in [1.82, 2.24) is 10.2 Å². The van der Waals surface area contributed by atoms with Crippen LogP contribution in [0.5, 0.6) is 0 Å². The number of aryl methyl sites for hydroxylation is 1. The Morgan fingerprint density at radius 2 is 1.90 bits per heavy atom. The number of pyridine rings is 1. The molecule has 0 saturated carbocycles. The third-order valence-corrected chi connectivity index (χ3v) is 8.24. The molecule has 2 heterocycles. The summed E-state index contributed by atoms with van der Waals surface area (Å²) < 4.78 is 0.988. The van der Waals surface area contributed by atoms with Crippen molar-refractivity contribution in [2.75, 3.05) is 24.5 Å². The minimum atomic E-state index is -0.158. The number of benzene rings is 2. The second-order valence-corrected chi connectivity index (χ2v) is 11.1. The van der Waals surface area contributed by atoms with E-state index in [2.05, 4.69) is 46.3 Å². The first-order valence-electron chi connectivity index (χ1n) is 14.3. The van der Waals surface area contributed by atoms with E-state index in [0.29, 0.717) is 41.2 Å². The number of rotatable bonds is 10. The van der Waals surface area contributed by atoms with Crippen LogP contribution in [0.25, 0.3) is 0 Å². The monoisotopic (exact) mass is 553 g/mol. The van der Waals surface area contributed by atoms with Gasteiger partial charge >= 0.3 is 0 Å². The second-order valence-electron chi connectivity index (χ2n) is 11.1. The standard InChI is InChI=1S/C33H40N6O2/c1-23-13-19-39(41)26(4)32(23)33(40)36-16-12-24(2)37-17-14-31(15-18-37)38(22-28-7-5-6-27(20-28)21-34)30-10-8-29(9-11-30)25(3)35/h5-11,13,19-20,24,31,35H,12,14-18,22H2,1-4H3,(H-,36,40,41)/p+1. The highest BCUT2D eigenvalue weighted by Crippen LogP contribution is 2.28. The van der Waals surface area contributed by atoms with Gasteiger partial charge in [0.05, 0.1) is 11.6 Å². The van der Waals surface area contributed by atoms with Gasteiger partial charge in [0.25, 0.3) is 5.91 Å². The molecule has 1 fully saturated rings. The van der Waals surface area contributed by atoms with Crippen molar-refractivity contribution in [3.05, 3.63) is 94.3 Å². The van der Waals surface area contributed by atoms with Crippen LogP contribution < -0.4 is 14.9 Å². The van der Waals surface area contributed by atoms with Crippen LogP contribution in [0.1, 0.15) is 71.4 Å². The van der Waals surface area contributed by atoms with Gasteiger partial charge in [-0.3, -0.25) is 10.0 Å². The van der Waals surface area contributed by atoms with Crippen LogP contribution in [0.15, 0.2) is 60.8 Å². The number of nitrogens with one attached hydrogen (secondary N) is 2. The number of carbonyl (C=O) groups excluding carboxylic acids is 1. The van der Waals surface area contributed by atoms with Gasteiger partial charge in [0.15, 0.2) is 0 Å². The molecule has 4 rings (SSSR count). The molecule has 3 aromatic rings. The molecular formula is C33H41N6O2+. The van der Waals surface area contributed by atoms with Crippen molar-refractivity contribution in [3.63, 3.8) is 0 Å². The smallest absolute Gasteiger partial charge is 0.258 e. The van der Waals surface area contributed by atoms with E-state index in [0.717, 1.165) is 66.0 Å². The van der Waals surface area contributed by atoms with Gasteiger partial charge in [0.1, 0.15) is 5.56 Å². The van der Waals surface area contributed by atoms with Crippen LogP contribution >= 0.6 is 0 Å². The van der Waals surface area contributed by atoms with Crippen LogP contribution in [0, 0.1) is 30.6 Å². The molecule has 1 saturated heterocycles. The third-order valence-electron chi connectivity index (χ3n) is 8.24. The summed E-state index contributed by atoms with van der Waals surface area (Å²) >= 11 is 0. The second kappa shape index (κ2) is 13.4. The molecule has 214 valence electrons. The molecular weight excluding hydrogens is 512 g/mol.